The van der Waals surface area contributed by atoms with E-state index in [1.54, 1.807) is 26.0 Å². The van der Waals surface area contributed by atoms with Gasteiger partial charge in [-0.05, 0) is 38.0 Å². The minimum Gasteiger partial charge on any atom is -0.326 e. The zero-order valence-electron chi connectivity index (χ0n) is 13.2. The molecule has 0 fully saturated rings. The summed E-state index contributed by atoms with van der Waals surface area (Å²) in [6.07, 6.45) is 1.86. The smallest absolute Gasteiger partial charge is 0.244 e. The molecule has 5 nitrogen and oxygen atoms in total. The van der Waals surface area contributed by atoms with Crippen molar-refractivity contribution in [3.05, 3.63) is 23.8 Å². The first-order chi connectivity index (χ1) is 9.81. The normalized spacial score (nSPS) is 13.4. The molecule has 0 aromatic heterocycles. The minimum absolute atomic E-state index is 0.0591. The van der Waals surface area contributed by atoms with Gasteiger partial charge in [0.1, 0.15) is 0 Å². The van der Waals surface area contributed by atoms with E-state index in [1.807, 2.05) is 19.9 Å². The number of carbonyl (C=O) groups is 2. The summed E-state index contributed by atoms with van der Waals surface area (Å²) in [4.78, 5) is 23.7. The van der Waals surface area contributed by atoms with E-state index >= 15 is 0 Å². The summed E-state index contributed by atoms with van der Waals surface area (Å²) in [6, 6.07) is 5.41. The van der Waals surface area contributed by atoms with Crippen LogP contribution in [0, 0.1) is 6.92 Å². The highest BCUT2D eigenvalue weighted by Gasteiger charge is 2.27. The van der Waals surface area contributed by atoms with Gasteiger partial charge in [-0.1, -0.05) is 26.3 Å². The summed E-state index contributed by atoms with van der Waals surface area (Å²) in [5.74, 6) is -0.275. The van der Waals surface area contributed by atoms with Crippen LogP contribution in [0.15, 0.2) is 18.2 Å². The van der Waals surface area contributed by atoms with Gasteiger partial charge in [0.2, 0.25) is 11.8 Å². The fourth-order valence-electron chi connectivity index (χ4n) is 2.04. The predicted octanol–water partition coefficient (Wildman–Crippen LogP) is 2.80. The standard InChI is InChI=1S/C16H25N3O2/c1-5-10-16(4,17)15(21)19-13-9-7-8-12(11(13)3)18-14(20)6-2/h7-9H,5-6,10,17H2,1-4H3,(H,18,20)(H,19,21). The van der Waals surface area contributed by atoms with E-state index < -0.39 is 5.54 Å². The molecule has 0 aliphatic carbocycles. The van der Waals surface area contributed by atoms with E-state index in [-0.39, 0.29) is 11.8 Å². The molecule has 1 rings (SSSR count). The molecule has 0 spiro atoms. The minimum atomic E-state index is -0.899. The van der Waals surface area contributed by atoms with Crippen LogP contribution in [0.2, 0.25) is 0 Å². The molecule has 4 N–H and O–H groups in total. The Balaban J connectivity index is 2.92. The van der Waals surface area contributed by atoms with E-state index in [9.17, 15) is 9.59 Å². The van der Waals surface area contributed by atoms with E-state index in [4.69, 9.17) is 5.73 Å². The number of hydrogen-bond acceptors (Lipinski definition) is 3. The summed E-state index contributed by atoms with van der Waals surface area (Å²) >= 11 is 0. The van der Waals surface area contributed by atoms with Gasteiger partial charge in [-0.2, -0.15) is 0 Å². The van der Waals surface area contributed by atoms with E-state index in [0.29, 0.717) is 24.2 Å². The molecule has 0 bridgehead atoms. The van der Waals surface area contributed by atoms with Gasteiger partial charge in [0.05, 0.1) is 5.54 Å². The summed E-state index contributed by atoms with van der Waals surface area (Å²) < 4.78 is 0. The quantitative estimate of drug-likeness (QED) is 0.753. The topological polar surface area (TPSA) is 84.2 Å². The van der Waals surface area contributed by atoms with E-state index in [2.05, 4.69) is 10.6 Å². The Kier molecular flexibility index (Phi) is 5.90. The Morgan fingerprint density at radius 1 is 1.19 bits per heavy atom. The van der Waals surface area contributed by atoms with E-state index in [0.717, 1.165) is 12.0 Å². The van der Waals surface area contributed by atoms with Crippen molar-refractivity contribution in [3.8, 4) is 0 Å². The highest BCUT2D eigenvalue weighted by Crippen LogP contribution is 2.24. The van der Waals surface area contributed by atoms with Crippen molar-refractivity contribution in [2.24, 2.45) is 5.73 Å². The van der Waals surface area contributed by atoms with Crippen molar-refractivity contribution in [2.45, 2.75) is 52.5 Å². The lowest BCUT2D eigenvalue weighted by Crippen LogP contribution is -2.48. The van der Waals surface area contributed by atoms with Crippen LogP contribution in [0.25, 0.3) is 0 Å². The predicted molar refractivity (Wildman–Crippen MR) is 86.2 cm³/mol. The fraction of sp³-hybridized carbons (Fsp3) is 0.500. The summed E-state index contributed by atoms with van der Waals surface area (Å²) in [5, 5.41) is 5.67. The van der Waals surface area contributed by atoms with Crippen molar-refractivity contribution in [3.63, 3.8) is 0 Å². The van der Waals surface area contributed by atoms with Crippen molar-refractivity contribution >= 4 is 23.2 Å². The average molecular weight is 291 g/mol. The Bertz CT molecular complexity index is 524. The Morgan fingerprint density at radius 2 is 1.76 bits per heavy atom. The van der Waals surface area contributed by atoms with Gasteiger partial charge < -0.3 is 16.4 Å². The second-order valence-corrected chi connectivity index (χ2v) is 5.50. The first-order valence-electron chi connectivity index (χ1n) is 7.31. The second kappa shape index (κ2) is 7.22. The molecule has 1 aromatic carbocycles. The zero-order valence-corrected chi connectivity index (χ0v) is 13.2. The van der Waals surface area contributed by atoms with Gasteiger partial charge in [0.25, 0.3) is 0 Å². The summed E-state index contributed by atoms with van der Waals surface area (Å²) in [6.45, 7) is 7.36. The van der Waals surface area contributed by atoms with Gasteiger partial charge in [-0.25, -0.2) is 0 Å². The molecule has 0 aliphatic rings. The Morgan fingerprint density at radius 3 is 2.29 bits per heavy atom. The molecule has 0 aliphatic heterocycles. The first kappa shape index (κ1) is 17.2. The maximum Gasteiger partial charge on any atom is 0.244 e. The molecule has 0 saturated carbocycles. The zero-order chi connectivity index (χ0) is 16.0. The summed E-state index contributed by atoms with van der Waals surface area (Å²) in [7, 11) is 0. The third-order valence-electron chi connectivity index (χ3n) is 3.47. The van der Waals surface area contributed by atoms with Gasteiger partial charge in [-0.15, -0.1) is 0 Å². The molecule has 116 valence electrons. The van der Waals surface area contributed by atoms with Crippen molar-refractivity contribution < 1.29 is 9.59 Å². The van der Waals surface area contributed by atoms with Crippen LogP contribution >= 0.6 is 0 Å². The Labute approximate surface area is 126 Å². The van der Waals surface area contributed by atoms with Gasteiger partial charge >= 0.3 is 0 Å². The fourth-order valence-corrected chi connectivity index (χ4v) is 2.04. The number of rotatable bonds is 6. The van der Waals surface area contributed by atoms with E-state index in [1.165, 1.54) is 0 Å². The maximum absolute atomic E-state index is 12.2. The van der Waals surface area contributed by atoms with Crippen LogP contribution in [0.1, 0.15) is 45.6 Å². The van der Waals surface area contributed by atoms with Crippen molar-refractivity contribution in [1.29, 1.82) is 0 Å². The molecule has 1 unspecified atom stereocenters. The van der Waals surface area contributed by atoms with Crippen LogP contribution in [0.5, 0.6) is 0 Å². The molecule has 1 aromatic rings. The number of hydrogen-bond donors (Lipinski definition) is 3. The van der Waals surface area contributed by atoms with Gasteiger partial charge in [0.15, 0.2) is 0 Å². The van der Waals surface area contributed by atoms with Gasteiger partial charge in [0, 0.05) is 17.8 Å². The summed E-state index contributed by atoms with van der Waals surface area (Å²) in [5.41, 5.74) is 7.32. The lowest BCUT2D eigenvalue weighted by molar-refractivity contribution is -0.120. The molecule has 5 heteroatoms. The first-order valence-corrected chi connectivity index (χ1v) is 7.31. The van der Waals surface area contributed by atoms with Crippen LogP contribution in [0.4, 0.5) is 11.4 Å². The lowest BCUT2D eigenvalue weighted by atomic mass is 9.96. The lowest BCUT2D eigenvalue weighted by Gasteiger charge is -2.24. The van der Waals surface area contributed by atoms with Crippen molar-refractivity contribution in [2.75, 3.05) is 10.6 Å². The third kappa shape index (κ3) is 4.56. The highest BCUT2D eigenvalue weighted by atomic mass is 16.2. The number of amides is 2. The Hall–Kier alpha value is -1.88. The molecule has 2 amide bonds. The molecule has 21 heavy (non-hydrogen) atoms. The molecule has 0 radical (unpaired) electrons. The van der Waals surface area contributed by atoms with Crippen LogP contribution in [-0.2, 0) is 9.59 Å². The average Bonchev–Trinajstić information content (AvgIpc) is 2.42. The number of benzene rings is 1. The largest absolute Gasteiger partial charge is 0.326 e. The highest BCUT2D eigenvalue weighted by molar-refractivity contribution is 5.99. The SMILES string of the molecule is CCCC(C)(N)C(=O)Nc1cccc(NC(=O)CC)c1C. The number of anilines is 2. The maximum atomic E-state index is 12.2. The molecule has 0 saturated heterocycles. The molecule has 0 heterocycles. The van der Waals surface area contributed by atoms with Crippen molar-refractivity contribution in [1.82, 2.24) is 0 Å². The molecular formula is C16H25N3O2. The molecular weight excluding hydrogens is 266 g/mol. The monoisotopic (exact) mass is 291 g/mol. The molecule has 1 atom stereocenters. The second-order valence-electron chi connectivity index (χ2n) is 5.50. The van der Waals surface area contributed by atoms with Gasteiger partial charge in [-0.3, -0.25) is 9.59 Å². The third-order valence-corrected chi connectivity index (χ3v) is 3.47. The number of carbonyl (C=O) groups excluding carboxylic acids is 2. The number of nitrogens with one attached hydrogen (secondary N) is 2. The van der Waals surface area contributed by atoms with Crippen LogP contribution in [0.3, 0.4) is 0 Å². The number of nitrogens with two attached hydrogens (primary N) is 1. The van der Waals surface area contributed by atoms with Crippen LogP contribution in [-0.4, -0.2) is 17.4 Å². The van der Waals surface area contributed by atoms with Crippen LogP contribution < -0.4 is 16.4 Å².